The van der Waals surface area contributed by atoms with Crippen LogP contribution in [0.1, 0.15) is 41.6 Å². The van der Waals surface area contributed by atoms with Crippen LogP contribution >= 0.6 is 15.9 Å². The fraction of sp³-hybridized carbons (Fsp3) is 0.300. The first-order valence-electron chi connectivity index (χ1n) is 8.22. The first-order chi connectivity index (χ1) is 12.0. The number of carbonyl (C=O) groups excluding carboxylic acids is 2. The molecule has 0 saturated heterocycles. The van der Waals surface area contributed by atoms with Crippen molar-refractivity contribution >= 4 is 27.9 Å². The van der Waals surface area contributed by atoms with E-state index in [0.29, 0.717) is 11.3 Å². The first kappa shape index (κ1) is 17.7. The van der Waals surface area contributed by atoms with Crippen molar-refractivity contribution in [1.29, 1.82) is 0 Å². The van der Waals surface area contributed by atoms with Crippen molar-refractivity contribution in [1.82, 2.24) is 0 Å². The zero-order valence-electron chi connectivity index (χ0n) is 14.0. The smallest absolute Gasteiger partial charge is 0.337 e. The van der Waals surface area contributed by atoms with Crippen LogP contribution in [0.25, 0.3) is 0 Å². The number of esters is 2. The molecule has 0 radical (unpaired) electrons. The van der Waals surface area contributed by atoms with Crippen molar-refractivity contribution in [2.24, 2.45) is 0 Å². The molecule has 2 aromatic carbocycles. The van der Waals surface area contributed by atoms with E-state index in [2.05, 4.69) is 20.7 Å². The largest absolute Gasteiger partial charge is 0.465 e. The highest BCUT2D eigenvalue weighted by molar-refractivity contribution is 9.10. The first-order valence-corrected chi connectivity index (χ1v) is 9.01. The van der Waals surface area contributed by atoms with E-state index >= 15 is 0 Å². The molecular formula is C20H19BrO4. The highest BCUT2D eigenvalue weighted by Crippen LogP contribution is 2.42. The number of carbonyl (C=O) groups is 2. The summed E-state index contributed by atoms with van der Waals surface area (Å²) in [6.07, 6.45) is 3.58. The van der Waals surface area contributed by atoms with Gasteiger partial charge in [0.15, 0.2) is 0 Å². The molecule has 0 aliphatic heterocycles. The molecule has 3 rings (SSSR count). The normalized spacial score (nSPS) is 15.6. The molecule has 130 valence electrons. The van der Waals surface area contributed by atoms with Crippen molar-refractivity contribution in [3.63, 3.8) is 0 Å². The fourth-order valence-corrected chi connectivity index (χ4v) is 3.60. The van der Waals surface area contributed by atoms with Crippen molar-refractivity contribution in [2.75, 3.05) is 7.11 Å². The van der Waals surface area contributed by atoms with Gasteiger partial charge in [-0.15, -0.1) is 0 Å². The van der Waals surface area contributed by atoms with E-state index in [1.165, 1.54) is 7.11 Å². The van der Waals surface area contributed by atoms with Gasteiger partial charge >= 0.3 is 11.9 Å². The molecule has 4 nitrogen and oxygen atoms in total. The van der Waals surface area contributed by atoms with E-state index in [0.717, 1.165) is 35.7 Å². The highest BCUT2D eigenvalue weighted by Gasteiger charge is 2.44. The summed E-state index contributed by atoms with van der Waals surface area (Å²) in [5.74, 6) is -0.223. The third-order valence-corrected chi connectivity index (χ3v) is 5.26. The predicted molar refractivity (Wildman–Crippen MR) is 97.7 cm³/mol. The number of hydrogen-bond donors (Lipinski definition) is 0. The molecule has 0 heterocycles. The molecule has 0 spiro atoms. The molecule has 1 aliphatic rings. The molecule has 1 saturated carbocycles. The fourth-order valence-electron chi connectivity index (χ4n) is 3.34. The van der Waals surface area contributed by atoms with Gasteiger partial charge in [-0.2, -0.15) is 0 Å². The number of rotatable bonds is 4. The van der Waals surface area contributed by atoms with Crippen LogP contribution in [0.4, 0.5) is 0 Å². The third-order valence-electron chi connectivity index (χ3n) is 4.73. The highest BCUT2D eigenvalue weighted by atomic mass is 79.9. The van der Waals surface area contributed by atoms with E-state index < -0.39 is 11.4 Å². The van der Waals surface area contributed by atoms with Crippen molar-refractivity contribution in [3.05, 3.63) is 64.1 Å². The summed E-state index contributed by atoms with van der Waals surface area (Å²) < 4.78 is 11.3. The molecule has 0 atom stereocenters. The summed E-state index contributed by atoms with van der Waals surface area (Å²) in [4.78, 5) is 24.5. The maximum absolute atomic E-state index is 13.0. The van der Waals surface area contributed by atoms with E-state index in [1.807, 2.05) is 24.3 Å². The van der Waals surface area contributed by atoms with Crippen LogP contribution in [0.15, 0.2) is 53.0 Å². The Morgan fingerprint density at radius 1 is 0.960 bits per heavy atom. The Kier molecular flexibility index (Phi) is 5.23. The van der Waals surface area contributed by atoms with E-state index in [1.54, 1.807) is 24.3 Å². The number of benzene rings is 2. The standard InChI is InChI=1S/C20H19BrO4/c1-24-18(22)14-4-10-17(11-5-14)25-19(23)20(12-2-3-13-20)15-6-8-16(21)9-7-15/h4-11H,2-3,12-13H2,1H3. The van der Waals surface area contributed by atoms with Crippen LogP contribution in [0.3, 0.4) is 0 Å². The van der Waals surface area contributed by atoms with Crippen LogP contribution in [-0.2, 0) is 14.9 Å². The molecule has 0 bridgehead atoms. The van der Waals surface area contributed by atoms with Gasteiger partial charge in [-0.3, -0.25) is 4.79 Å². The SMILES string of the molecule is COC(=O)c1ccc(OC(=O)C2(c3ccc(Br)cc3)CCCC2)cc1. The van der Waals surface area contributed by atoms with Gasteiger partial charge in [-0.25, -0.2) is 4.79 Å². The number of methoxy groups -OCH3 is 1. The van der Waals surface area contributed by atoms with Crippen molar-refractivity contribution in [2.45, 2.75) is 31.1 Å². The molecule has 2 aromatic rings. The Labute approximate surface area is 155 Å². The molecule has 25 heavy (non-hydrogen) atoms. The number of hydrogen-bond acceptors (Lipinski definition) is 4. The molecular weight excluding hydrogens is 384 g/mol. The van der Waals surface area contributed by atoms with Crippen LogP contribution < -0.4 is 4.74 Å². The Morgan fingerprint density at radius 2 is 1.56 bits per heavy atom. The summed E-state index contributed by atoms with van der Waals surface area (Å²) >= 11 is 3.43. The number of ether oxygens (including phenoxy) is 2. The van der Waals surface area contributed by atoms with Gasteiger partial charge in [0, 0.05) is 4.47 Å². The van der Waals surface area contributed by atoms with E-state index in [9.17, 15) is 9.59 Å². The van der Waals surface area contributed by atoms with E-state index in [-0.39, 0.29) is 5.97 Å². The van der Waals surface area contributed by atoms with Crippen molar-refractivity contribution in [3.8, 4) is 5.75 Å². The van der Waals surface area contributed by atoms with Crippen LogP contribution in [0, 0.1) is 0 Å². The average molecular weight is 403 g/mol. The lowest BCUT2D eigenvalue weighted by Crippen LogP contribution is -2.36. The van der Waals surface area contributed by atoms with Gasteiger partial charge in [0.05, 0.1) is 18.1 Å². The monoisotopic (exact) mass is 402 g/mol. The topological polar surface area (TPSA) is 52.6 Å². The average Bonchev–Trinajstić information content (AvgIpc) is 3.13. The van der Waals surface area contributed by atoms with Gasteiger partial charge in [-0.05, 0) is 54.8 Å². The molecule has 0 N–H and O–H groups in total. The summed E-state index contributed by atoms with van der Waals surface area (Å²) in [5.41, 5.74) is 0.817. The summed E-state index contributed by atoms with van der Waals surface area (Å²) in [6.45, 7) is 0. The lowest BCUT2D eigenvalue weighted by molar-refractivity contribution is -0.140. The second-order valence-electron chi connectivity index (χ2n) is 6.20. The van der Waals surface area contributed by atoms with E-state index in [4.69, 9.17) is 4.74 Å². The molecule has 0 unspecified atom stereocenters. The van der Waals surface area contributed by atoms with Gasteiger partial charge < -0.3 is 9.47 Å². The van der Waals surface area contributed by atoms with Gasteiger partial charge in [0.1, 0.15) is 5.75 Å². The van der Waals surface area contributed by atoms with Crippen molar-refractivity contribution < 1.29 is 19.1 Å². The zero-order valence-corrected chi connectivity index (χ0v) is 15.5. The predicted octanol–water partition coefficient (Wildman–Crippen LogP) is 4.65. The van der Waals surface area contributed by atoms with Gasteiger partial charge in [0.25, 0.3) is 0 Å². The third kappa shape index (κ3) is 3.61. The summed E-state index contributed by atoms with van der Waals surface area (Å²) in [6, 6.07) is 14.3. The minimum atomic E-state index is -0.596. The summed E-state index contributed by atoms with van der Waals surface area (Å²) in [7, 11) is 1.33. The number of halogens is 1. The van der Waals surface area contributed by atoms with Crippen LogP contribution in [-0.4, -0.2) is 19.0 Å². The Bertz CT molecular complexity index is 759. The second-order valence-corrected chi connectivity index (χ2v) is 7.12. The maximum Gasteiger partial charge on any atom is 0.337 e. The quantitative estimate of drug-likeness (QED) is 0.551. The van der Waals surface area contributed by atoms with Gasteiger partial charge in [-0.1, -0.05) is 40.9 Å². The molecule has 0 amide bonds. The van der Waals surface area contributed by atoms with Gasteiger partial charge in [0.2, 0.25) is 0 Å². The molecule has 1 aliphatic carbocycles. The Morgan fingerprint density at radius 3 is 2.12 bits per heavy atom. The maximum atomic E-state index is 13.0. The van der Waals surface area contributed by atoms with Crippen LogP contribution in [0.5, 0.6) is 5.75 Å². The Balaban J connectivity index is 1.82. The second kappa shape index (κ2) is 7.40. The minimum absolute atomic E-state index is 0.238. The van der Waals surface area contributed by atoms with Crippen LogP contribution in [0.2, 0.25) is 0 Å². The zero-order chi connectivity index (χ0) is 17.9. The molecule has 5 heteroatoms. The minimum Gasteiger partial charge on any atom is -0.465 e. The Hall–Kier alpha value is -2.14. The lowest BCUT2D eigenvalue weighted by atomic mass is 9.79. The molecule has 1 fully saturated rings. The molecule has 0 aromatic heterocycles. The lowest BCUT2D eigenvalue weighted by Gasteiger charge is -2.27. The summed E-state index contributed by atoms with van der Waals surface area (Å²) in [5, 5.41) is 0.